The number of carbonyl (C=O) groups excluding carboxylic acids is 3. The van der Waals surface area contributed by atoms with Gasteiger partial charge in [0.15, 0.2) is 22.5 Å². The van der Waals surface area contributed by atoms with Crippen LogP contribution in [0.4, 0.5) is 5.69 Å². The Balaban J connectivity index is 1.36. The fourth-order valence-electron chi connectivity index (χ4n) is 3.97. The standard InChI is InChI=1S/C26H19N5O3S/c1-2-14-31-25(16-10-12-27-13-11-16)29-30-26(31)35-15-21(32)28-20-9-5-8-19-22(20)24(34)18-7-4-3-6-17(18)23(19)33/h2-13H,1,14-15H2,(H,28,32). The monoisotopic (exact) mass is 481 g/mol. The zero-order valence-electron chi connectivity index (χ0n) is 18.5. The number of rotatable bonds is 7. The Hall–Kier alpha value is -4.37. The summed E-state index contributed by atoms with van der Waals surface area (Å²) in [6, 6.07) is 15.3. The fraction of sp³-hybridized carbons (Fsp3) is 0.0769. The predicted molar refractivity (Wildman–Crippen MR) is 133 cm³/mol. The normalized spacial score (nSPS) is 12.1. The molecular weight excluding hydrogens is 462 g/mol. The van der Waals surface area contributed by atoms with Crippen molar-refractivity contribution >= 4 is 34.9 Å². The minimum atomic E-state index is -0.332. The van der Waals surface area contributed by atoms with Crippen LogP contribution in [0, 0.1) is 0 Å². The average Bonchev–Trinajstić information content (AvgIpc) is 3.29. The number of carbonyl (C=O) groups is 3. The Morgan fingerprint density at radius 2 is 1.66 bits per heavy atom. The second kappa shape index (κ2) is 9.47. The molecule has 1 aliphatic rings. The van der Waals surface area contributed by atoms with Gasteiger partial charge in [-0.25, -0.2) is 0 Å². The molecule has 0 spiro atoms. The summed E-state index contributed by atoms with van der Waals surface area (Å²) >= 11 is 1.22. The maximum atomic E-state index is 13.1. The molecule has 1 N–H and O–H groups in total. The molecule has 172 valence electrons. The predicted octanol–water partition coefficient (Wildman–Crippen LogP) is 4.03. The summed E-state index contributed by atoms with van der Waals surface area (Å²) in [7, 11) is 0. The Kier molecular flexibility index (Phi) is 6.07. The van der Waals surface area contributed by atoms with Crippen molar-refractivity contribution in [2.24, 2.45) is 0 Å². The molecule has 0 atom stereocenters. The quantitative estimate of drug-likeness (QED) is 0.276. The van der Waals surface area contributed by atoms with Gasteiger partial charge in [0, 0.05) is 41.2 Å². The van der Waals surface area contributed by atoms with Crippen molar-refractivity contribution in [2.75, 3.05) is 11.1 Å². The minimum absolute atomic E-state index is 0.0357. The molecule has 1 aliphatic carbocycles. The van der Waals surface area contributed by atoms with Crippen molar-refractivity contribution in [3.05, 3.63) is 102 Å². The van der Waals surface area contributed by atoms with E-state index in [9.17, 15) is 14.4 Å². The Labute approximate surface area is 205 Å². The third kappa shape index (κ3) is 4.17. The number of amides is 1. The second-order valence-electron chi connectivity index (χ2n) is 7.71. The van der Waals surface area contributed by atoms with Gasteiger partial charge in [-0.1, -0.05) is 54.2 Å². The number of anilines is 1. The van der Waals surface area contributed by atoms with Crippen LogP contribution in [0.3, 0.4) is 0 Å². The third-order valence-electron chi connectivity index (χ3n) is 5.53. The van der Waals surface area contributed by atoms with Crippen LogP contribution in [-0.4, -0.2) is 43.0 Å². The number of thioether (sulfide) groups is 1. The van der Waals surface area contributed by atoms with E-state index >= 15 is 0 Å². The van der Waals surface area contributed by atoms with Crippen molar-refractivity contribution in [1.82, 2.24) is 19.7 Å². The zero-order chi connectivity index (χ0) is 24.4. The molecule has 0 bridgehead atoms. The highest BCUT2D eigenvalue weighted by Gasteiger charge is 2.31. The van der Waals surface area contributed by atoms with Crippen LogP contribution in [0.1, 0.15) is 31.8 Å². The average molecular weight is 482 g/mol. The number of benzene rings is 2. The molecular formula is C26H19N5O3S. The lowest BCUT2D eigenvalue weighted by molar-refractivity contribution is -0.113. The van der Waals surface area contributed by atoms with Gasteiger partial charge >= 0.3 is 0 Å². The van der Waals surface area contributed by atoms with Crippen molar-refractivity contribution < 1.29 is 14.4 Å². The van der Waals surface area contributed by atoms with Crippen LogP contribution in [-0.2, 0) is 11.3 Å². The smallest absolute Gasteiger partial charge is 0.234 e. The van der Waals surface area contributed by atoms with Gasteiger partial charge in [0.05, 0.1) is 17.0 Å². The summed E-state index contributed by atoms with van der Waals surface area (Å²) in [6.45, 7) is 4.27. The minimum Gasteiger partial charge on any atom is -0.325 e. The van der Waals surface area contributed by atoms with Gasteiger partial charge in [0.2, 0.25) is 5.91 Å². The highest BCUT2D eigenvalue weighted by Crippen LogP contribution is 2.32. The lowest BCUT2D eigenvalue weighted by Crippen LogP contribution is -2.24. The number of hydrogen-bond donors (Lipinski definition) is 1. The first-order chi connectivity index (χ1) is 17.1. The number of nitrogens with zero attached hydrogens (tertiary/aromatic N) is 4. The summed E-state index contributed by atoms with van der Waals surface area (Å²) in [5.41, 5.74) is 2.37. The molecule has 4 aromatic rings. The van der Waals surface area contributed by atoms with E-state index in [0.717, 1.165) is 5.56 Å². The van der Waals surface area contributed by atoms with E-state index in [0.29, 0.717) is 34.3 Å². The summed E-state index contributed by atoms with van der Waals surface area (Å²) in [4.78, 5) is 42.9. The highest BCUT2D eigenvalue weighted by atomic mass is 32.2. The summed E-state index contributed by atoms with van der Waals surface area (Å²) < 4.78 is 1.86. The molecule has 35 heavy (non-hydrogen) atoms. The molecule has 2 aromatic carbocycles. The van der Waals surface area contributed by atoms with E-state index in [1.165, 1.54) is 11.8 Å². The first-order valence-electron chi connectivity index (χ1n) is 10.8. The van der Waals surface area contributed by atoms with E-state index in [1.807, 2.05) is 16.7 Å². The highest BCUT2D eigenvalue weighted by molar-refractivity contribution is 7.99. The molecule has 0 unspecified atom stereocenters. The molecule has 2 aromatic heterocycles. The van der Waals surface area contributed by atoms with E-state index < -0.39 is 0 Å². The molecule has 5 rings (SSSR count). The number of pyridine rings is 1. The van der Waals surface area contributed by atoms with Crippen LogP contribution in [0.15, 0.2) is 84.8 Å². The Bertz CT molecular complexity index is 1480. The van der Waals surface area contributed by atoms with Crippen LogP contribution >= 0.6 is 11.8 Å². The molecule has 0 radical (unpaired) electrons. The second-order valence-corrected chi connectivity index (χ2v) is 8.65. The van der Waals surface area contributed by atoms with E-state index in [-0.39, 0.29) is 34.4 Å². The number of ketones is 2. The van der Waals surface area contributed by atoms with Gasteiger partial charge in [-0.05, 0) is 18.2 Å². The van der Waals surface area contributed by atoms with Gasteiger partial charge in [-0.3, -0.25) is 23.9 Å². The SMILES string of the molecule is C=CCn1c(SCC(=O)Nc2cccc3c2C(=O)c2ccccc2C3=O)nnc1-c1ccncc1. The lowest BCUT2D eigenvalue weighted by atomic mass is 9.83. The maximum absolute atomic E-state index is 13.1. The van der Waals surface area contributed by atoms with Crippen molar-refractivity contribution in [2.45, 2.75) is 11.7 Å². The largest absolute Gasteiger partial charge is 0.325 e. The number of fused-ring (bicyclic) bond motifs is 2. The lowest BCUT2D eigenvalue weighted by Gasteiger charge is -2.20. The summed E-state index contributed by atoms with van der Waals surface area (Å²) in [5, 5.41) is 11.9. The van der Waals surface area contributed by atoms with Gasteiger partial charge in [0.1, 0.15) is 0 Å². The van der Waals surface area contributed by atoms with E-state index in [4.69, 9.17) is 0 Å². The molecule has 0 aliphatic heterocycles. The van der Waals surface area contributed by atoms with Gasteiger partial charge in [-0.15, -0.1) is 16.8 Å². The molecule has 0 saturated carbocycles. The Morgan fingerprint density at radius 3 is 2.40 bits per heavy atom. The van der Waals surface area contributed by atoms with Gasteiger partial charge < -0.3 is 5.32 Å². The summed E-state index contributed by atoms with van der Waals surface area (Å²) in [6.07, 6.45) is 5.08. The van der Waals surface area contributed by atoms with Crippen LogP contribution in [0.5, 0.6) is 0 Å². The topological polar surface area (TPSA) is 107 Å². The van der Waals surface area contributed by atoms with Crippen LogP contribution in [0.25, 0.3) is 11.4 Å². The molecule has 8 nitrogen and oxygen atoms in total. The van der Waals surface area contributed by atoms with Crippen LogP contribution < -0.4 is 5.32 Å². The van der Waals surface area contributed by atoms with Crippen molar-refractivity contribution in [1.29, 1.82) is 0 Å². The number of allylic oxidation sites excluding steroid dienone is 1. The van der Waals surface area contributed by atoms with Crippen molar-refractivity contribution in [3.63, 3.8) is 0 Å². The number of aromatic nitrogens is 4. The molecule has 2 heterocycles. The first-order valence-corrected chi connectivity index (χ1v) is 11.8. The maximum Gasteiger partial charge on any atom is 0.234 e. The number of hydrogen-bond acceptors (Lipinski definition) is 7. The van der Waals surface area contributed by atoms with Gasteiger partial charge in [-0.2, -0.15) is 0 Å². The number of nitrogens with one attached hydrogen (secondary N) is 1. The van der Waals surface area contributed by atoms with Crippen molar-refractivity contribution in [3.8, 4) is 11.4 Å². The van der Waals surface area contributed by atoms with Crippen LogP contribution in [0.2, 0.25) is 0 Å². The fourth-order valence-corrected chi connectivity index (χ4v) is 4.72. The van der Waals surface area contributed by atoms with E-state index in [2.05, 4.69) is 27.1 Å². The molecule has 0 fully saturated rings. The first kappa shape index (κ1) is 22.4. The molecule has 0 saturated heterocycles. The molecule has 1 amide bonds. The zero-order valence-corrected chi connectivity index (χ0v) is 19.3. The third-order valence-corrected chi connectivity index (χ3v) is 6.49. The summed E-state index contributed by atoms with van der Waals surface area (Å²) in [5.74, 6) is -0.168. The Morgan fingerprint density at radius 1 is 0.943 bits per heavy atom. The molecule has 9 heteroatoms. The van der Waals surface area contributed by atoms with Gasteiger partial charge in [0.25, 0.3) is 0 Å². The van der Waals surface area contributed by atoms with E-state index in [1.54, 1.807) is 60.9 Å².